The summed E-state index contributed by atoms with van der Waals surface area (Å²) in [5.41, 5.74) is 0.223. The van der Waals surface area contributed by atoms with E-state index in [4.69, 9.17) is 9.78 Å². The molecule has 4 atom stereocenters. The normalized spacial score (nSPS) is 27.7. The first-order valence-electron chi connectivity index (χ1n) is 21.8. The summed E-state index contributed by atoms with van der Waals surface area (Å²) < 4.78 is 0. The molecular formula is C44H86O2. The van der Waals surface area contributed by atoms with Crippen molar-refractivity contribution >= 4 is 0 Å². The minimum absolute atomic E-state index is 0.138. The fraction of sp³-hybridized carbons (Fsp3) is 1.00. The third kappa shape index (κ3) is 10.2. The molecule has 2 fully saturated rings. The molecule has 0 aromatic rings. The average molecular weight is 647 g/mol. The van der Waals surface area contributed by atoms with E-state index in [0.717, 1.165) is 11.8 Å². The Kier molecular flexibility index (Phi) is 20.7. The van der Waals surface area contributed by atoms with Crippen LogP contribution in [0.2, 0.25) is 0 Å². The van der Waals surface area contributed by atoms with Gasteiger partial charge in [-0.25, -0.2) is 9.78 Å². The van der Waals surface area contributed by atoms with Gasteiger partial charge in [0.2, 0.25) is 0 Å². The summed E-state index contributed by atoms with van der Waals surface area (Å²) in [4.78, 5) is 15.4. The van der Waals surface area contributed by atoms with Gasteiger partial charge in [0.05, 0.1) is 0 Å². The van der Waals surface area contributed by atoms with Crippen molar-refractivity contribution in [3.05, 3.63) is 0 Å². The van der Waals surface area contributed by atoms with Gasteiger partial charge in [-0.2, -0.15) is 0 Å². The molecule has 0 saturated heterocycles. The zero-order chi connectivity index (χ0) is 33.8. The fourth-order valence-electron chi connectivity index (χ4n) is 10.9. The highest BCUT2D eigenvalue weighted by Gasteiger charge is 2.61. The van der Waals surface area contributed by atoms with Gasteiger partial charge in [0.1, 0.15) is 11.2 Å². The summed E-state index contributed by atoms with van der Waals surface area (Å²) in [6.07, 6.45) is 39.2. The second kappa shape index (κ2) is 22.6. The number of rotatable bonds is 27. The molecular weight excluding hydrogens is 560 g/mol. The fourth-order valence-corrected chi connectivity index (χ4v) is 10.9. The maximum Gasteiger partial charge on any atom is 0.109 e. The van der Waals surface area contributed by atoms with Gasteiger partial charge >= 0.3 is 0 Å². The van der Waals surface area contributed by atoms with Gasteiger partial charge < -0.3 is 0 Å². The van der Waals surface area contributed by atoms with Gasteiger partial charge in [0, 0.05) is 10.8 Å². The third-order valence-corrected chi connectivity index (χ3v) is 13.6. The molecule has 0 N–H and O–H groups in total. The Bertz CT molecular complexity index is 668. The van der Waals surface area contributed by atoms with Gasteiger partial charge in [-0.1, -0.05) is 171 Å². The maximum absolute atomic E-state index is 7.70. The van der Waals surface area contributed by atoms with Crippen molar-refractivity contribution in [3.63, 3.8) is 0 Å². The molecule has 2 aliphatic rings. The molecule has 0 aliphatic heterocycles. The van der Waals surface area contributed by atoms with Crippen molar-refractivity contribution in [2.24, 2.45) is 22.7 Å². The van der Waals surface area contributed by atoms with E-state index in [2.05, 4.69) is 55.4 Å². The molecule has 2 saturated carbocycles. The molecule has 0 amide bonds. The van der Waals surface area contributed by atoms with Crippen LogP contribution in [0.4, 0.5) is 0 Å². The molecule has 2 rings (SSSR count). The largest absolute Gasteiger partial charge is 0.229 e. The molecule has 46 heavy (non-hydrogen) atoms. The van der Waals surface area contributed by atoms with Crippen LogP contribution in [0, 0.1) is 22.7 Å². The zero-order valence-electron chi connectivity index (χ0n) is 33.2. The minimum atomic E-state index is -0.138. The van der Waals surface area contributed by atoms with Crippen molar-refractivity contribution in [2.75, 3.05) is 0 Å². The van der Waals surface area contributed by atoms with Crippen molar-refractivity contribution in [3.8, 4) is 0 Å². The summed E-state index contributed by atoms with van der Waals surface area (Å²) in [5, 5.41) is 0. The quantitative estimate of drug-likeness (QED) is 0.0653. The molecule has 0 bridgehead atoms. The molecule has 0 aromatic heterocycles. The Balaban J connectivity index is 2.75. The lowest BCUT2D eigenvalue weighted by molar-refractivity contribution is -0.470. The van der Waals surface area contributed by atoms with E-state index in [1.165, 1.54) is 193 Å². The Morgan fingerprint density at radius 2 is 0.674 bits per heavy atom. The van der Waals surface area contributed by atoms with Gasteiger partial charge in [-0.05, 0) is 88.9 Å². The first-order chi connectivity index (χ1) is 22.4. The first-order valence-corrected chi connectivity index (χ1v) is 21.8. The number of hydrogen-bond donors (Lipinski definition) is 0. The lowest BCUT2D eigenvalue weighted by Crippen LogP contribution is -2.61. The van der Waals surface area contributed by atoms with E-state index in [1.54, 1.807) is 0 Å². The van der Waals surface area contributed by atoms with Crippen molar-refractivity contribution in [2.45, 2.75) is 259 Å². The van der Waals surface area contributed by atoms with Crippen molar-refractivity contribution in [1.29, 1.82) is 0 Å². The number of hydrogen-bond acceptors (Lipinski definition) is 2. The molecule has 0 spiro atoms. The van der Waals surface area contributed by atoms with Crippen LogP contribution in [0.25, 0.3) is 0 Å². The standard InChI is InChI=1S/C44H86O2/c1-9-17-27-39-29-25-37-43(35-23-15-7,41(39,31-19-11-3)32-20-12-4)45-46-44(36-24-16-8)38-26-30-40(28-18-10-2)42(44,33-21-13-5)34-22-14-6/h39-40H,9-38H2,1-8H3. The second-order valence-corrected chi connectivity index (χ2v) is 16.6. The minimum Gasteiger partial charge on any atom is -0.229 e. The average Bonchev–Trinajstić information content (AvgIpc) is 3.08. The molecule has 0 radical (unpaired) electrons. The van der Waals surface area contributed by atoms with Crippen LogP contribution in [-0.2, 0) is 9.78 Å². The molecule has 274 valence electrons. The van der Waals surface area contributed by atoms with Gasteiger partial charge in [0.15, 0.2) is 0 Å². The van der Waals surface area contributed by atoms with Crippen LogP contribution in [0.3, 0.4) is 0 Å². The molecule has 0 aromatic carbocycles. The van der Waals surface area contributed by atoms with E-state index < -0.39 is 0 Å². The lowest BCUT2D eigenvalue weighted by atomic mass is 9.51. The molecule has 0 heterocycles. The van der Waals surface area contributed by atoms with Crippen LogP contribution in [0.15, 0.2) is 0 Å². The summed E-state index contributed by atoms with van der Waals surface area (Å²) in [5.74, 6) is 1.56. The molecule has 2 nitrogen and oxygen atoms in total. The summed E-state index contributed by atoms with van der Waals surface area (Å²) in [7, 11) is 0. The Hall–Kier alpha value is -0.0800. The van der Waals surface area contributed by atoms with Gasteiger partial charge in [0.25, 0.3) is 0 Å². The highest BCUT2D eigenvalue weighted by molar-refractivity contribution is 5.09. The van der Waals surface area contributed by atoms with Crippen LogP contribution < -0.4 is 0 Å². The smallest absolute Gasteiger partial charge is 0.109 e. The van der Waals surface area contributed by atoms with Crippen LogP contribution in [0.1, 0.15) is 248 Å². The summed E-state index contributed by atoms with van der Waals surface area (Å²) in [6.45, 7) is 19.2. The molecule has 2 aliphatic carbocycles. The molecule has 4 unspecified atom stereocenters. The van der Waals surface area contributed by atoms with Crippen LogP contribution >= 0.6 is 0 Å². The third-order valence-electron chi connectivity index (χ3n) is 13.6. The highest BCUT2D eigenvalue weighted by Crippen LogP contribution is 2.63. The van der Waals surface area contributed by atoms with Crippen molar-refractivity contribution in [1.82, 2.24) is 0 Å². The van der Waals surface area contributed by atoms with E-state index in [9.17, 15) is 0 Å². The SMILES string of the molecule is CCCCC1CCCC(CCCC)(OOC2(CCCC)CCCC(CCCC)C2(CCCC)CCCC)C1(CCCC)CCCC. The van der Waals surface area contributed by atoms with E-state index in [0.29, 0.717) is 0 Å². The van der Waals surface area contributed by atoms with E-state index >= 15 is 0 Å². The Morgan fingerprint density at radius 1 is 0.391 bits per heavy atom. The first kappa shape index (κ1) is 42.1. The van der Waals surface area contributed by atoms with Crippen LogP contribution in [-0.4, -0.2) is 11.2 Å². The summed E-state index contributed by atoms with van der Waals surface area (Å²) in [6, 6.07) is 0. The maximum atomic E-state index is 7.70. The van der Waals surface area contributed by atoms with E-state index in [1.807, 2.05) is 0 Å². The monoisotopic (exact) mass is 647 g/mol. The number of unbranched alkanes of at least 4 members (excludes halogenated alkanes) is 8. The van der Waals surface area contributed by atoms with Crippen molar-refractivity contribution < 1.29 is 9.78 Å². The van der Waals surface area contributed by atoms with Gasteiger partial charge in [-0.15, -0.1) is 0 Å². The predicted molar refractivity (Wildman–Crippen MR) is 203 cm³/mol. The van der Waals surface area contributed by atoms with Crippen LogP contribution in [0.5, 0.6) is 0 Å². The second-order valence-electron chi connectivity index (χ2n) is 16.6. The van der Waals surface area contributed by atoms with Gasteiger partial charge in [-0.3, -0.25) is 0 Å². The zero-order valence-corrected chi connectivity index (χ0v) is 33.2. The lowest BCUT2D eigenvalue weighted by Gasteiger charge is -2.61. The Morgan fingerprint density at radius 3 is 0.957 bits per heavy atom. The molecule has 2 heteroatoms. The highest BCUT2D eigenvalue weighted by atomic mass is 17.2. The topological polar surface area (TPSA) is 18.5 Å². The predicted octanol–water partition coefficient (Wildman–Crippen LogP) is 15.5. The summed E-state index contributed by atoms with van der Waals surface area (Å²) >= 11 is 0. The van der Waals surface area contributed by atoms with E-state index in [-0.39, 0.29) is 22.0 Å². The Labute approximate surface area is 291 Å².